The number of nitrogens with one attached hydrogen (secondary N) is 1. The van der Waals surface area contributed by atoms with Gasteiger partial charge in [-0.3, -0.25) is 10.00 Å². The Kier molecular flexibility index (Phi) is 9.84. The fourth-order valence-electron chi connectivity index (χ4n) is 7.11. The molecule has 4 heterocycles. The van der Waals surface area contributed by atoms with E-state index in [1.165, 1.54) is 0 Å². The number of H-pyrrole nitrogens is 1. The van der Waals surface area contributed by atoms with Crippen molar-refractivity contribution in [1.29, 1.82) is 0 Å². The predicted molar refractivity (Wildman–Crippen MR) is 183 cm³/mol. The number of aryl methyl sites for hydroxylation is 2. The Balaban J connectivity index is 1.26. The number of morpholine rings is 1. The summed E-state index contributed by atoms with van der Waals surface area (Å²) in [6.45, 7) is 8.87. The van der Waals surface area contributed by atoms with Crippen LogP contribution in [0, 0.1) is 0 Å². The highest BCUT2D eigenvalue weighted by Crippen LogP contribution is 2.39. The zero-order valence-electron chi connectivity index (χ0n) is 27.3. The number of hydrogen-bond acceptors (Lipinski definition) is 7. The van der Waals surface area contributed by atoms with E-state index in [0.29, 0.717) is 45.1 Å². The van der Waals surface area contributed by atoms with Crippen molar-refractivity contribution in [2.45, 2.75) is 52.2 Å². The molecule has 0 bridgehead atoms. The van der Waals surface area contributed by atoms with Crippen LogP contribution in [-0.4, -0.2) is 78.3 Å². The van der Waals surface area contributed by atoms with Crippen molar-refractivity contribution < 1.29 is 23.7 Å². The van der Waals surface area contributed by atoms with Gasteiger partial charge in [-0.05, 0) is 49.6 Å². The van der Waals surface area contributed by atoms with Crippen molar-refractivity contribution in [1.82, 2.24) is 19.7 Å². The number of aromatic nitrogens is 3. The van der Waals surface area contributed by atoms with E-state index >= 15 is 0 Å². The molecule has 0 aliphatic carbocycles. The number of carbonyl (C=O) groups is 1. The topological polar surface area (TPSA) is 90.8 Å². The van der Waals surface area contributed by atoms with Crippen LogP contribution in [0.25, 0.3) is 32.8 Å². The van der Waals surface area contributed by atoms with Crippen LogP contribution in [0.15, 0.2) is 60.7 Å². The Labute approximate surface area is 275 Å². The number of carbonyl (C=O) groups excluding carboxylic acids is 1. The summed E-state index contributed by atoms with van der Waals surface area (Å²) >= 11 is 0. The number of hydrogen-bond donors (Lipinski definition) is 1. The van der Waals surface area contributed by atoms with Gasteiger partial charge in [0.2, 0.25) is 0 Å². The number of esters is 1. The maximum absolute atomic E-state index is 13.8. The molecule has 0 unspecified atom stereocenters. The van der Waals surface area contributed by atoms with Crippen molar-refractivity contribution >= 4 is 27.6 Å². The van der Waals surface area contributed by atoms with E-state index in [-0.39, 0.29) is 5.97 Å². The third kappa shape index (κ3) is 6.66. The number of rotatable bonds is 10. The van der Waals surface area contributed by atoms with E-state index in [2.05, 4.69) is 51.0 Å². The minimum Gasteiger partial charge on any atom is -0.493 e. The second-order valence-corrected chi connectivity index (χ2v) is 12.3. The molecule has 2 aliphatic rings. The summed E-state index contributed by atoms with van der Waals surface area (Å²) in [5, 5.41) is 11.5. The van der Waals surface area contributed by atoms with E-state index < -0.39 is 0 Å². The van der Waals surface area contributed by atoms with E-state index in [1.54, 1.807) is 0 Å². The largest absolute Gasteiger partial charge is 0.493 e. The van der Waals surface area contributed by atoms with E-state index in [0.717, 1.165) is 114 Å². The Morgan fingerprint density at radius 3 is 2.64 bits per heavy atom. The summed E-state index contributed by atoms with van der Waals surface area (Å²) in [6.07, 6.45) is 4.05. The molecule has 47 heavy (non-hydrogen) atoms. The summed E-state index contributed by atoms with van der Waals surface area (Å²) in [4.78, 5) is 16.2. The summed E-state index contributed by atoms with van der Waals surface area (Å²) in [6, 6.07) is 20.9. The summed E-state index contributed by atoms with van der Waals surface area (Å²) in [5.74, 6) is 0.609. The highest BCUT2D eigenvalue weighted by molar-refractivity contribution is 6.05. The number of nitrogens with zero attached hydrogens (tertiary/aromatic N) is 3. The van der Waals surface area contributed by atoms with Crippen LogP contribution in [-0.2, 0) is 40.2 Å². The Hall–Kier alpha value is -4.18. The Morgan fingerprint density at radius 1 is 0.915 bits per heavy atom. The molecule has 1 saturated heterocycles. The van der Waals surface area contributed by atoms with Crippen LogP contribution in [0.5, 0.6) is 5.75 Å². The van der Waals surface area contributed by atoms with Gasteiger partial charge in [-0.1, -0.05) is 54.6 Å². The number of para-hydroxylation sites is 1. The SMILES string of the molecule is CCOC(=O)c1c(CCCOc2cccc3ccccc23)c2cccc3c2n1CCCCOCc1[nH]nc(CCN2CCOCC2)c1-3. The van der Waals surface area contributed by atoms with Gasteiger partial charge in [0.1, 0.15) is 11.4 Å². The van der Waals surface area contributed by atoms with Gasteiger partial charge in [-0.15, -0.1) is 0 Å². The van der Waals surface area contributed by atoms with Crippen molar-refractivity contribution in [2.75, 3.05) is 52.7 Å². The quantitative estimate of drug-likeness (QED) is 0.137. The standard InChI is InChI=1S/C38H44N4O5/c1-2-46-38(43)37-30(15-9-23-47-34-16-7-11-27-10-3-4-12-28(27)34)29-13-8-14-31-35-32(17-19-41-20-24-44-25-21-41)39-40-33(35)26-45-22-6-5-18-42(37)36(29)31/h3-4,7-8,10-14,16H,2,5-6,9,15,17-26H2,1H3,(H,39,40). The fraction of sp³-hybridized carbons (Fsp3) is 0.421. The van der Waals surface area contributed by atoms with Crippen LogP contribution in [0.4, 0.5) is 0 Å². The van der Waals surface area contributed by atoms with Crippen molar-refractivity contribution in [3.63, 3.8) is 0 Å². The second-order valence-electron chi connectivity index (χ2n) is 12.3. The van der Waals surface area contributed by atoms with Crippen LogP contribution in [0.2, 0.25) is 0 Å². The number of benzene rings is 3. The van der Waals surface area contributed by atoms with Gasteiger partial charge in [-0.2, -0.15) is 5.10 Å². The molecule has 0 atom stereocenters. The molecule has 2 aliphatic heterocycles. The first-order chi connectivity index (χ1) is 23.2. The molecule has 1 N–H and O–H groups in total. The average Bonchev–Trinajstić information content (AvgIpc) is 3.65. The van der Waals surface area contributed by atoms with E-state index in [1.807, 2.05) is 31.2 Å². The van der Waals surface area contributed by atoms with Gasteiger partial charge in [0.05, 0.1) is 49.9 Å². The molecule has 7 rings (SSSR count). The minimum absolute atomic E-state index is 0.272. The molecule has 9 nitrogen and oxygen atoms in total. The number of aromatic amines is 1. The lowest BCUT2D eigenvalue weighted by Crippen LogP contribution is -2.37. The van der Waals surface area contributed by atoms with E-state index in [9.17, 15) is 4.79 Å². The normalized spacial score (nSPS) is 15.8. The first kappa shape index (κ1) is 31.4. The maximum atomic E-state index is 13.8. The predicted octanol–water partition coefficient (Wildman–Crippen LogP) is 6.56. The lowest BCUT2D eigenvalue weighted by molar-refractivity contribution is 0.0383. The molecule has 0 spiro atoms. The zero-order valence-corrected chi connectivity index (χ0v) is 27.3. The van der Waals surface area contributed by atoms with Gasteiger partial charge in [0, 0.05) is 61.1 Å². The first-order valence-corrected chi connectivity index (χ1v) is 17.1. The van der Waals surface area contributed by atoms with Gasteiger partial charge >= 0.3 is 5.97 Å². The van der Waals surface area contributed by atoms with Crippen molar-refractivity contribution in [3.05, 3.63) is 83.3 Å². The third-order valence-electron chi connectivity index (χ3n) is 9.35. The molecule has 0 saturated carbocycles. The zero-order chi connectivity index (χ0) is 32.0. The maximum Gasteiger partial charge on any atom is 0.355 e. The lowest BCUT2D eigenvalue weighted by Gasteiger charge is -2.26. The molecule has 9 heteroatoms. The van der Waals surface area contributed by atoms with Crippen molar-refractivity contribution in [3.8, 4) is 16.9 Å². The lowest BCUT2D eigenvalue weighted by atomic mass is 9.97. The third-order valence-corrected chi connectivity index (χ3v) is 9.35. The number of ether oxygens (including phenoxy) is 4. The van der Waals surface area contributed by atoms with Gasteiger partial charge in [0.25, 0.3) is 0 Å². The molecule has 2 aromatic heterocycles. The average molecular weight is 637 g/mol. The summed E-state index contributed by atoms with van der Waals surface area (Å²) < 4.78 is 26.0. The van der Waals surface area contributed by atoms with Gasteiger partial charge < -0.3 is 23.5 Å². The van der Waals surface area contributed by atoms with Crippen LogP contribution >= 0.6 is 0 Å². The molecule has 1 fully saturated rings. The monoisotopic (exact) mass is 636 g/mol. The molecule has 0 radical (unpaired) electrons. The van der Waals surface area contributed by atoms with Crippen LogP contribution < -0.4 is 4.74 Å². The molecule has 246 valence electrons. The summed E-state index contributed by atoms with van der Waals surface area (Å²) in [7, 11) is 0. The number of fused-ring (bicyclic) bond motifs is 3. The van der Waals surface area contributed by atoms with E-state index in [4.69, 9.17) is 24.0 Å². The van der Waals surface area contributed by atoms with Gasteiger partial charge in [-0.25, -0.2) is 4.79 Å². The fourth-order valence-corrected chi connectivity index (χ4v) is 7.11. The Bertz CT molecular complexity index is 1830. The van der Waals surface area contributed by atoms with Gasteiger partial charge in [0.15, 0.2) is 0 Å². The highest BCUT2D eigenvalue weighted by atomic mass is 16.5. The summed E-state index contributed by atoms with van der Waals surface area (Å²) in [5.41, 5.74) is 6.92. The molecule has 3 aromatic carbocycles. The van der Waals surface area contributed by atoms with Crippen molar-refractivity contribution in [2.24, 2.45) is 0 Å². The molecular weight excluding hydrogens is 592 g/mol. The van der Waals surface area contributed by atoms with Crippen LogP contribution in [0.3, 0.4) is 0 Å². The first-order valence-electron chi connectivity index (χ1n) is 17.1. The smallest absolute Gasteiger partial charge is 0.355 e. The minimum atomic E-state index is -0.272. The molecule has 5 aromatic rings. The molecule has 0 amide bonds. The molecular formula is C38H44N4O5. The Morgan fingerprint density at radius 2 is 1.74 bits per heavy atom. The highest BCUT2D eigenvalue weighted by Gasteiger charge is 2.28. The second kappa shape index (κ2) is 14.7. The van der Waals surface area contributed by atoms with Crippen LogP contribution in [0.1, 0.15) is 53.6 Å².